The van der Waals surface area contributed by atoms with Gasteiger partial charge in [0.15, 0.2) is 0 Å². The molecule has 0 unspecified atom stereocenters. The van der Waals surface area contributed by atoms with Gasteiger partial charge in [-0.2, -0.15) is 0 Å². The summed E-state index contributed by atoms with van der Waals surface area (Å²) in [5.74, 6) is 0.787. The van der Waals surface area contributed by atoms with Crippen LogP contribution in [0, 0.1) is 0 Å². The number of amides is 1. The lowest BCUT2D eigenvalue weighted by atomic mass is 10.2. The Bertz CT molecular complexity index is 174. The van der Waals surface area contributed by atoms with Crippen molar-refractivity contribution in [1.29, 1.82) is 0 Å². The first-order valence-corrected chi connectivity index (χ1v) is 6.13. The van der Waals surface area contributed by atoms with Gasteiger partial charge in [-0.3, -0.25) is 4.79 Å². The van der Waals surface area contributed by atoms with Crippen LogP contribution >= 0.6 is 11.6 Å². The highest BCUT2D eigenvalue weighted by atomic mass is 35.5. The summed E-state index contributed by atoms with van der Waals surface area (Å²) in [6, 6.07) is 0.208. The standard InChI is InChI=1S/C11H22ClNO2/c1-10(2)13(8-5-9-14)11(15)6-3-4-7-12/h10,14H,3-9H2,1-2H3. The van der Waals surface area contributed by atoms with Crippen molar-refractivity contribution in [3.05, 3.63) is 0 Å². The molecule has 0 aliphatic carbocycles. The van der Waals surface area contributed by atoms with Crippen molar-refractivity contribution in [2.45, 2.75) is 45.6 Å². The van der Waals surface area contributed by atoms with Gasteiger partial charge in [0.2, 0.25) is 5.91 Å². The number of unbranched alkanes of at least 4 members (excludes halogenated alkanes) is 1. The van der Waals surface area contributed by atoms with Crippen LogP contribution in [0.2, 0.25) is 0 Å². The van der Waals surface area contributed by atoms with E-state index in [1.54, 1.807) is 0 Å². The number of hydrogen-bond donors (Lipinski definition) is 1. The Hall–Kier alpha value is -0.280. The van der Waals surface area contributed by atoms with Crippen LogP contribution in [0.4, 0.5) is 0 Å². The molecule has 0 rings (SSSR count). The Morgan fingerprint density at radius 2 is 2.00 bits per heavy atom. The summed E-state index contributed by atoms with van der Waals surface area (Å²) in [6.45, 7) is 4.78. The predicted octanol–water partition coefficient (Wildman–Crippen LogP) is 2.01. The van der Waals surface area contributed by atoms with Crippen LogP contribution in [0.15, 0.2) is 0 Å². The molecule has 15 heavy (non-hydrogen) atoms. The Balaban J connectivity index is 3.93. The van der Waals surface area contributed by atoms with Crippen LogP contribution in [0.3, 0.4) is 0 Å². The number of aliphatic hydroxyl groups is 1. The number of hydrogen-bond acceptors (Lipinski definition) is 2. The normalized spacial score (nSPS) is 10.7. The number of rotatable bonds is 8. The molecule has 0 aromatic carbocycles. The minimum absolute atomic E-state index is 0.137. The van der Waals surface area contributed by atoms with Crippen molar-refractivity contribution >= 4 is 17.5 Å². The number of nitrogens with zero attached hydrogens (tertiary/aromatic N) is 1. The molecular weight excluding hydrogens is 214 g/mol. The molecule has 0 atom stereocenters. The molecule has 0 radical (unpaired) electrons. The van der Waals surface area contributed by atoms with E-state index >= 15 is 0 Å². The minimum Gasteiger partial charge on any atom is -0.396 e. The van der Waals surface area contributed by atoms with Crippen LogP contribution in [0.25, 0.3) is 0 Å². The number of carbonyl (C=O) groups is 1. The van der Waals surface area contributed by atoms with Crippen molar-refractivity contribution in [2.24, 2.45) is 0 Å². The third-order valence-electron chi connectivity index (χ3n) is 2.28. The summed E-state index contributed by atoms with van der Waals surface area (Å²) >= 11 is 5.55. The highest BCUT2D eigenvalue weighted by molar-refractivity contribution is 6.17. The predicted molar refractivity (Wildman–Crippen MR) is 63.1 cm³/mol. The Kier molecular flexibility index (Phi) is 8.82. The van der Waals surface area contributed by atoms with E-state index in [9.17, 15) is 4.79 Å². The van der Waals surface area contributed by atoms with Gasteiger partial charge in [0.05, 0.1) is 0 Å². The van der Waals surface area contributed by atoms with Gasteiger partial charge in [0.25, 0.3) is 0 Å². The first-order chi connectivity index (χ1) is 7.13. The highest BCUT2D eigenvalue weighted by Crippen LogP contribution is 2.06. The fourth-order valence-corrected chi connectivity index (χ4v) is 1.62. The third kappa shape index (κ3) is 6.74. The minimum atomic E-state index is 0.137. The van der Waals surface area contributed by atoms with Crippen LogP contribution < -0.4 is 0 Å². The zero-order valence-corrected chi connectivity index (χ0v) is 10.5. The summed E-state index contributed by atoms with van der Waals surface area (Å²) < 4.78 is 0. The van der Waals surface area contributed by atoms with Crippen molar-refractivity contribution in [2.75, 3.05) is 19.0 Å². The van der Waals surface area contributed by atoms with Gasteiger partial charge in [0.1, 0.15) is 0 Å². The topological polar surface area (TPSA) is 40.5 Å². The molecule has 0 saturated heterocycles. The van der Waals surface area contributed by atoms with Gasteiger partial charge in [-0.25, -0.2) is 0 Å². The summed E-state index contributed by atoms with van der Waals surface area (Å²) in [6.07, 6.45) is 2.96. The Morgan fingerprint density at radius 1 is 1.33 bits per heavy atom. The lowest BCUT2D eigenvalue weighted by Gasteiger charge is -2.26. The maximum atomic E-state index is 11.8. The lowest BCUT2D eigenvalue weighted by molar-refractivity contribution is -0.133. The zero-order chi connectivity index (χ0) is 11.7. The second-order valence-electron chi connectivity index (χ2n) is 3.90. The van der Waals surface area contributed by atoms with Crippen LogP contribution in [-0.4, -0.2) is 41.0 Å². The molecular formula is C11H22ClNO2. The smallest absolute Gasteiger partial charge is 0.222 e. The molecule has 90 valence electrons. The van der Waals surface area contributed by atoms with Crippen LogP contribution in [0.5, 0.6) is 0 Å². The second-order valence-corrected chi connectivity index (χ2v) is 4.28. The van der Waals surface area contributed by atoms with Crippen molar-refractivity contribution in [1.82, 2.24) is 4.90 Å². The molecule has 0 fully saturated rings. The molecule has 0 heterocycles. The molecule has 0 spiro atoms. The number of aliphatic hydroxyl groups excluding tert-OH is 1. The summed E-state index contributed by atoms with van der Waals surface area (Å²) in [7, 11) is 0. The molecule has 0 aliphatic heterocycles. The lowest BCUT2D eigenvalue weighted by Crippen LogP contribution is -2.37. The average Bonchev–Trinajstić information content (AvgIpc) is 2.18. The molecule has 0 bridgehead atoms. The summed E-state index contributed by atoms with van der Waals surface area (Å²) in [5.41, 5.74) is 0. The number of alkyl halides is 1. The molecule has 0 aromatic rings. The van der Waals surface area contributed by atoms with Gasteiger partial charge in [0, 0.05) is 31.5 Å². The van der Waals surface area contributed by atoms with E-state index in [1.165, 1.54) is 0 Å². The number of carbonyl (C=O) groups excluding carboxylic acids is 1. The van der Waals surface area contributed by atoms with E-state index in [-0.39, 0.29) is 18.6 Å². The SMILES string of the molecule is CC(C)N(CCCO)C(=O)CCCCCl. The van der Waals surface area contributed by atoms with E-state index in [2.05, 4.69) is 0 Å². The van der Waals surface area contributed by atoms with E-state index in [1.807, 2.05) is 18.7 Å². The molecule has 0 saturated carbocycles. The monoisotopic (exact) mass is 235 g/mol. The number of halogens is 1. The quantitative estimate of drug-likeness (QED) is 0.517. The molecule has 0 aliphatic rings. The Labute approximate surface area is 97.4 Å². The summed E-state index contributed by atoms with van der Waals surface area (Å²) in [5, 5.41) is 8.74. The van der Waals surface area contributed by atoms with E-state index in [0.29, 0.717) is 25.3 Å². The molecule has 0 aromatic heterocycles. The van der Waals surface area contributed by atoms with Crippen LogP contribution in [0.1, 0.15) is 39.5 Å². The van der Waals surface area contributed by atoms with E-state index in [0.717, 1.165) is 12.8 Å². The van der Waals surface area contributed by atoms with Crippen LogP contribution in [-0.2, 0) is 4.79 Å². The maximum absolute atomic E-state index is 11.8. The largest absolute Gasteiger partial charge is 0.396 e. The van der Waals surface area contributed by atoms with Crippen molar-refractivity contribution in [3.63, 3.8) is 0 Å². The molecule has 4 heteroatoms. The zero-order valence-electron chi connectivity index (χ0n) is 9.71. The van der Waals surface area contributed by atoms with E-state index < -0.39 is 0 Å². The van der Waals surface area contributed by atoms with Gasteiger partial charge in [-0.05, 0) is 33.1 Å². The van der Waals surface area contributed by atoms with Gasteiger partial charge < -0.3 is 10.0 Å². The summed E-state index contributed by atoms with van der Waals surface area (Å²) in [4.78, 5) is 13.6. The first-order valence-electron chi connectivity index (χ1n) is 5.59. The molecule has 3 nitrogen and oxygen atoms in total. The van der Waals surface area contributed by atoms with E-state index in [4.69, 9.17) is 16.7 Å². The van der Waals surface area contributed by atoms with Crippen molar-refractivity contribution in [3.8, 4) is 0 Å². The maximum Gasteiger partial charge on any atom is 0.222 e. The Morgan fingerprint density at radius 3 is 2.47 bits per heavy atom. The average molecular weight is 236 g/mol. The fraction of sp³-hybridized carbons (Fsp3) is 0.909. The first kappa shape index (κ1) is 14.7. The highest BCUT2D eigenvalue weighted by Gasteiger charge is 2.15. The van der Waals surface area contributed by atoms with Gasteiger partial charge in [-0.1, -0.05) is 0 Å². The molecule has 1 amide bonds. The van der Waals surface area contributed by atoms with Gasteiger partial charge in [-0.15, -0.1) is 11.6 Å². The fourth-order valence-electron chi connectivity index (χ4n) is 1.43. The third-order valence-corrected chi connectivity index (χ3v) is 2.54. The van der Waals surface area contributed by atoms with Crippen molar-refractivity contribution < 1.29 is 9.90 Å². The van der Waals surface area contributed by atoms with Gasteiger partial charge >= 0.3 is 0 Å². The second kappa shape index (κ2) is 8.98. The molecule has 1 N–H and O–H groups in total.